The highest BCUT2D eigenvalue weighted by molar-refractivity contribution is 6.33. The summed E-state index contributed by atoms with van der Waals surface area (Å²) in [5, 5.41) is 15.9. The molecule has 0 saturated heterocycles. The van der Waals surface area contributed by atoms with Crippen LogP contribution in [-0.4, -0.2) is 29.1 Å². The number of nitrogens with one attached hydrogen (secondary N) is 2. The first kappa shape index (κ1) is 15.1. The minimum absolute atomic E-state index is 0.0802. The van der Waals surface area contributed by atoms with Crippen LogP contribution < -0.4 is 10.6 Å². The number of carbonyl (C=O) groups is 1. The first-order valence-corrected chi connectivity index (χ1v) is 6.95. The Morgan fingerprint density at radius 1 is 1.29 bits per heavy atom. The smallest absolute Gasteiger partial charge is 0.251 e. The van der Waals surface area contributed by atoms with Gasteiger partial charge >= 0.3 is 0 Å². The SMILES string of the molecule is O=C(NCCCNc1ccncc1Cl)c1cccc(O)c1. The molecule has 1 amide bonds. The molecule has 0 aliphatic rings. The van der Waals surface area contributed by atoms with Crippen molar-refractivity contribution in [3.63, 3.8) is 0 Å². The summed E-state index contributed by atoms with van der Waals surface area (Å²) in [5.74, 6) is -0.121. The molecule has 0 bridgehead atoms. The van der Waals surface area contributed by atoms with Gasteiger partial charge in [0, 0.05) is 31.0 Å². The van der Waals surface area contributed by atoms with Crippen LogP contribution in [-0.2, 0) is 0 Å². The van der Waals surface area contributed by atoms with Crippen LogP contribution in [0.25, 0.3) is 0 Å². The predicted octanol–water partition coefficient (Wildman–Crippen LogP) is 2.67. The molecular formula is C15H16ClN3O2. The maximum atomic E-state index is 11.8. The average Bonchev–Trinajstić information content (AvgIpc) is 2.48. The highest BCUT2D eigenvalue weighted by Crippen LogP contribution is 2.18. The van der Waals surface area contributed by atoms with Gasteiger partial charge in [-0.05, 0) is 30.7 Å². The van der Waals surface area contributed by atoms with E-state index in [2.05, 4.69) is 15.6 Å². The molecule has 1 aromatic carbocycles. The Hall–Kier alpha value is -2.27. The molecule has 0 unspecified atom stereocenters. The maximum Gasteiger partial charge on any atom is 0.251 e. The number of benzene rings is 1. The third-order valence-electron chi connectivity index (χ3n) is 2.84. The summed E-state index contributed by atoms with van der Waals surface area (Å²) >= 11 is 5.96. The fraction of sp³-hybridized carbons (Fsp3) is 0.200. The first-order valence-electron chi connectivity index (χ1n) is 6.57. The number of carbonyl (C=O) groups excluding carboxylic acids is 1. The van der Waals surface area contributed by atoms with Crippen molar-refractivity contribution in [1.29, 1.82) is 0 Å². The van der Waals surface area contributed by atoms with E-state index in [-0.39, 0.29) is 11.7 Å². The molecule has 21 heavy (non-hydrogen) atoms. The number of anilines is 1. The Bertz CT molecular complexity index is 619. The third-order valence-corrected chi connectivity index (χ3v) is 3.14. The van der Waals surface area contributed by atoms with Crippen LogP contribution in [0.5, 0.6) is 5.75 Å². The minimum Gasteiger partial charge on any atom is -0.508 e. The fourth-order valence-electron chi connectivity index (χ4n) is 1.78. The lowest BCUT2D eigenvalue weighted by Gasteiger charge is -2.08. The van der Waals surface area contributed by atoms with Gasteiger partial charge in [0.1, 0.15) is 5.75 Å². The molecule has 2 aromatic rings. The summed E-state index contributed by atoms with van der Waals surface area (Å²) in [7, 11) is 0. The van der Waals surface area contributed by atoms with Crippen molar-refractivity contribution in [2.75, 3.05) is 18.4 Å². The molecule has 1 heterocycles. The molecule has 3 N–H and O–H groups in total. The normalized spacial score (nSPS) is 10.1. The molecule has 0 atom stereocenters. The molecule has 1 aromatic heterocycles. The van der Waals surface area contributed by atoms with E-state index in [9.17, 15) is 9.90 Å². The number of rotatable bonds is 6. The monoisotopic (exact) mass is 305 g/mol. The summed E-state index contributed by atoms with van der Waals surface area (Å²) in [6.07, 6.45) is 3.99. The van der Waals surface area contributed by atoms with Crippen LogP contribution in [0.15, 0.2) is 42.7 Å². The zero-order valence-electron chi connectivity index (χ0n) is 11.3. The van der Waals surface area contributed by atoms with Crippen LogP contribution in [0.4, 0.5) is 5.69 Å². The predicted molar refractivity (Wildman–Crippen MR) is 82.8 cm³/mol. The number of amides is 1. The van der Waals surface area contributed by atoms with Gasteiger partial charge in [0.25, 0.3) is 5.91 Å². The van der Waals surface area contributed by atoms with E-state index in [1.165, 1.54) is 12.1 Å². The number of halogens is 1. The van der Waals surface area contributed by atoms with E-state index < -0.39 is 0 Å². The van der Waals surface area contributed by atoms with Crippen LogP contribution in [0, 0.1) is 0 Å². The van der Waals surface area contributed by atoms with Crippen molar-refractivity contribution in [3.8, 4) is 5.75 Å². The highest BCUT2D eigenvalue weighted by Gasteiger charge is 2.05. The highest BCUT2D eigenvalue weighted by atomic mass is 35.5. The van der Waals surface area contributed by atoms with Crippen molar-refractivity contribution >= 4 is 23.2 Å². The third kappa shape index (κ3) is 4.65. The van der Waals surface area contributed by atoms with E-state index in [0.29, 0.717) is 23.7 Å². The minimum atomic E-state index is -0.201. The number of aromatic hydroxyl groups is 1. The Labute approximate surface area is 128 Å². The van der Waals surface area contributed by atoms with Gasteiger partial charge in [-0.3, -0.25) is 9.78 Å². The van der Waals surface area contributed by atoms with E-state index in [4.69, 9.17) is 11.6 Å². The van der Waals surface area contributed by atoms with E-state index in [1.54, 1.807) is 30.6 Å². The number of hydrogen-bond acceptors (Lipinski definition) is 4. The molecule has 0 aliphatic carbocycles. The van der Waals surface area contributed by atoms with E-state index in [0.717, 1.165) is 12.1 Å². The quantitative estimate of drug-likeness (QED) is 0.717. The van der Waals surface area contributed by atoms with Crippen LogP contribution in [0.3, 0.4) is 0 Å². The number of phenolic OH excluding ortho intramolecular Hbond substituents is 1. The first-order chi connectivity index (χ1) is 10.2. The van der Waals surface area contributed by atoms with Gasteiger partial charge in [0.05, 0.1) is 10.7 Å². The van der Waals surface area contributed by atoms with Gasteiger partial charge in [0.15, 0.2) is 0 Å². The molecule has 0 spiro atoms. The molecule has 6 heteroatoms. The zero-order valence-corrected chi connectivity index (χ0v) is 12.1. The van der Waals surface area contributed by atoms with Gasteiger partial charge < -0.3 is 15.7 Å². The Morgan fingerprint density at radius 3 is 2.90 bits per heavy atom. The largest absolute Gasteiger partial charge is 0.508 e. The van der Waals surface area contributed by atoms with Gasteiger partial charge in [-0.15, -0.1) is 0 Å². The van der Waals surface area contributed by atoms with Crippen molar-refractivity contribution < 1.29 is 9.90 Å². The van der Waals surface area contributed by atoms with Crippen molar-refractivity contribution in [3.05, 3.63) is 53.3 Å². The Kier molecular flexibility index (Phi) is 5.40. The summed E-state index contributed by atoms with van der Waals surface area (Å²) < 4.78 is 0. The number of hydrogen-bond donors (Lipinski definition) is 3. The molecule has 110 valence electrons. The molecule has 0 saturated carbocycles. The van der Waals surface area contributed by atoms with Crippen molar-refractivity contribution in [2.45, 2.75) is 6.42 Å². The molecular weight excluding hydrogens is 290 g/mol. The molecule has 2 rings (SSSR count). The number of nitrogens with zero attached hydrogens (tertiary/aromatic N) is 1. The van der Waals surface area contributed by atoms with Gasteiger partial charge in [-0.25, -0.2) is 0 Å². The van der Waals surface area contributed by atoms with Crippen molar-refractivity contribution in [1.82, 2.24) is 10.3 Å². The second kappa shape index (κ2) is 7.50. The summed E-state index contributed by atoms with van der Waals surface area (Å²) in [4.78, 5) is 15.7. The number of pyridine rings is 1. The van der Waals surface area contributed by atoms with Crippen LogP contribution >= 0.6 is 11.6 Å². The summed E-state index contributed by atoms with van der Waals surface area (Å²) in [6.45, 7) is 1.22. The summed E-state index contributed by atoms with van der Waals surface area (Å²) in [5.41, 5.74) is 1.27. The van der Waals surface area contributed by atoms with E-state index >= 15 is 0 Å². The molecule has 0 radical (unpaired) electrons. The Balaban J connectivity index is 1.70. The number of aromatic nitrogens is 1. The van der Waals surface area contributed by atoms with Crippen LogP contribution in [0.2, 0.25) is 5.02 Å². The standard InChI is InChI=1S/C15H16ClN3O2/c16-13-10-17-8-5-14(13)18-6-2-7-19-15(21)11-3-1-4-12(20)9-11/h1,3-5,8-10,20H,2,6-7H2,(H,17,18)(H,19,21). The fourth-order valence-corrected chi connectivity index (χ4v) is 1.97. The average molecular weight is 306 g/mol. The lowest BCUT2D eigenvalue weighted by Crippen LogP contribution is -2.25. The zero-order chi connectivity index (χ0) is 15.1. The number of phenols is 1. The maximum absolute atomic E-state index is 11.8. The van der Waals surface area contributed by atoms with E-state index in [1.807, 2.05) is 0 Å². The Morgan fingerprint density at radius 2 is 2.14 bits per heavy atom. The lowest BCUT2D eigenvalue weighted by molar-refractivity contribution is 0.0953. The van der Waals surface area contributed by atoms with Crippen molar-refractivity contribution in [2.24, 2.45) is 0 Å². The van der Waals surface area contributed by atoms with Gasteiger partial charge in [-0.1, -0.05) is 17.7 Å². The van der Waals surface area contributed by atoms with Gasteiger partial charge in [-0.2, -0.15) is 0 Å². The molecule has 5 nitrogen and oxygen atoms in total. The summed E-state index contributed by atoms with van der Waals surface area (Å²) in [6, 6.07) is 8.05. The second-order valence-corrected chi connectivity index (χ2v) is 4.85. The molecule has 0 fully saturated rings. The second-order valence-electron chi connectivity index (χ2n) is 4.44. The van der Waals surface area contributed by atoms with Gasteiger partial charge in [0.2, 0.25) is 0 Å². The topological polar surface area (TPSA) is 74.2 Å². The molecule has 0 aliphatic heterocycles. The lowest BCUT2D eigenvalue weighted by atomic mass is 10.2. The van der Waals surface area contributed by atoms with Crippen LogP contribution in [0.1, 0.15) is 16.8 Å².